The second-order valence-electron chi connectivity index (χ2n) is 31.8. The molecule has 118 heavy (non-hydrogen) atoms. The zero-order valence-electron chi connectivity index (χ0n) is 75.5. The highest BCUT2D eigenvalue weighted by atomic mass is 16.4. The van der Waals surface area contributed by atoms with Gasteiger partial charge in [0.15, 0.2) is 27.9 Å². The van der Waals surface area contributed by atoms with Crippen molar-refractivity contribution in [3.8, 4) is 0 Å². The lowest BCUT2D eigenvalue weighted by Gasteiger charge is -2.33. The summed E-state index contributed by atoms with van der Waals surface area (Å²) in [5.74, 6) is 0. The Morgan fingerprint density at radius 3 is 0.992 bits per heavy atom. The van der Waals surface area contributed by atoms with Crippen LogP contribution in [0, 0.1) is 55.4 Å². The van der Waals surface area contributed by atoms with Crippen molar-refractivity contribution < 1.29 is 30.3 Å². The van der Waals surface area contributed by atoms with Gasteiger partial charge in [-0.3, -0.25) is 0 Å². The average molecular weight is 1570 g/mol. The Labute approximate surface area is 695 Å². The second kappa shape index (κ2) is 29.7. The molecule has 5 atom stereocenters. The van der Waals surface area contributed by atoms with Crippen LogP contribution in [0.5, 0.6) is 0 Å². The standard InChI is InChI=1S/C22H21N3O.C21H19N3O.C20H23N3O.C18H19N3O.C17H17N3O/c1-13-9-11-16-17-12-10-14(2)23-22(17)26-21(16)20(13)25-15(3)24(4)18-7-5-6-8-19(18)25;1-13-10-11-15-16-7-6-12-22-21(16)25-20(15)19(13)24-14(2)23(3)17-8-4-5-9-18(17)24;1-12(2)22-10-11-23(15(22)5)18-13(3)6-8-16-17-9-7-14(4)21-20(17)24-19(16)18;1-11-5-7-14-15-8-6-12(2)19-18(15)22-17(14)16(11)21-10-9-20(4)13(21)3;1-11-6-7-13-14-5-4-8-18-17(14)21-16(13)15(11)20-10-9-19(3)12(20)2/h5-12,15H,1-4H3;4-12,14H,1-3H3;6-12,15H,1-5H3;5-10,13H,1-4H3;4-10,12H,1-3H3/i;3D3;;;3D3. The number of fused-ring (bicyclic) bond motifs is 17. The lowest BCUT2D eigenvalue weighted by atomic mass is 10.1. The van der Waals surface area contributed by atoms with E-state index in [-0.39, 0.29) is 24.7 Å². The topological polar surface area (TPSA) is 163 Å². The van der Waals surface area contributed by atoms with E-state index in [2.05, 4.69) is 232 Å². The molecule has 20 nitrogen and oxygen atoms in total. The normalized spacial score (nSPS) is 18.5. The predicted octanol–water partition coefficient (Wildman–Crippen LogP) is 23.7. The van der Waals surface area contributed by atoms with Gasteiger partial charge in [0.05, 0.1) is 51.2 Å². The van der Waals surface area contributed by atoms with Gasteiger partial charge < -0.3 is 71.1 Å². The van der Waals surface area contributed by atoms with E-state index in [1.807, 2.05) is 144 Å². The third kappa shape index (κ3) is 12.6. The molecule has 17 aromatic rings. The molecule has 22 rings (SSSR count). The molecule has 5 aliphatic rings. The van der Waals surface area contributed by atoms with Crippen LogP contribution in [0.2, 0.25) is 0 Å². The van der Waals surface area contributed by atoms with Gasteiger partial charge in [-0.1, -0.05) is 84.9 Å². The molecule has 0 fully saturated rings. The van der Waals surface area contributed by atoms with E-state index in [0.717, 1.165) is 144 Å². The summed E-state index contributed by atoms with van der Waals surface area (Å²) in [7, 11) is 4.22. The van der Waals surface area contributed by atoms with Crippen LogP contribution in [0.25, 0.3) is 110 Å². The zero-order chi connectivity index (χ0) is 87.1. The average Bonchev–Trinajstić information content (AvgIpc) is 1.57. The second-order valence-corrected chi connectivity index (χ2v) is 31.8. The first kappa shape index (κ1) is 68.9. The van der Waals surface area contributed by atoms with E-state index in [1.54, 1.807) is 24.8 Å². The van der Waals surface area contributed by atoms with Gasteiger partial charge in [-0.25, -0.2) is 24.9 Å². The monoisotopic (exact) mass is 1570 g/mol. The molecule has 0 aliphatic carbocycles. The lowest BCUT2D eigenvalue weighted by Crippen LogP contribution is -2.39. The number of hydrogen-bond donors (Lipinski definition) is 0. The van der Waals surface area contributed by atoms with Crippen molar-refractivity contribution in [2.45, 2.75) is 141 Å². The number of nitrogens with zero attached hydrogens (tertiary/aromatic N) is 15. The summed E-state index contributed by atoms with van der Waals surface area (Å²) >= 11 is 0. The zero-order valence-corrected chi connectivity index (χ0v) is 69.5. The Hall–Kier alpha value is -13.5. The summed E-state index contributed by atoms with van der Waals surface area (Å²) in [5, 5.41) is 10.4. The van der Waals surface area contributed by atoms with Crippen LogP contribution in [0.3, 0.4) is 0 Å². The van der Waals surface area contributed by atoms with Gasteiger partial charge in [-0.15, -0.1) is 0 Å². The molecular formula is C98H99N15O5. The third-order valence-corrected chi connectivity index (χ3v) is 24.0. The molecule has 0 bridgehead atoms. The van der Waals surface area contributed by atoms with Gasteiger partial charge in [0.1, 0.15) is 30.8 Å². The van der Waals surface area contributed by atoms with Crippen LogP contribution >= 0.6 is 0 Å². The summed E-state index contributed by atoms with van der Waals surface area (Å²) in [4.78, 5) is 42.9. The van der Waals surface area contributed by atoms with E-state index < -0.39 is 20.1 Å². The Kier molecular flexibility index (Phi) is 17.3. The quantitative estimate of drug-likeness (QED) is 0.154. The molecule has 0 amide bonds. The number of furan rings is 5. The van der Waals surface area contributed by atoms with Crippen LogP contribution in [-0.2, 0) is 0 Å². The molecule has 596 valence electrons. The Morgan fingerprint density at radius 2 is 0.627 bits per heavy atom. The number of hydrogen-bond acceptors (Lipinski definition) is 20. The van der Waals surface area contributed by atoms with E-state index in [9.17, 15) is 0 Å². The van der Waals surface area contributed by atoms with Gasteiger partial charge in [-0.05, 0) is 217 Å². The first-order valence-corrected chi connectivity index (χ1v) is 40.2. The number of aromatic nitrogens is 5. The van der Waals surface area contributed by atoms with Crippen molar-refractivity contribution in [1.29, 1.82) is 0 Å². The maximum Gasteiger partial charge on any atom is 0.227 e. The molecule has 0 spiro atoms. The molecule has 7 aromatic carbocycles. The molecule has 0 N–H and O–H groups in total. The number of aryl methyl sites for hydroxylation is 8. The maximum absolute atomic E-state index is 8.05. The summed E-state index contributed by atoms with van der Waals surface area (Å²) in [6.07, 6.45) is 15.3. The van der Waals surface area contributed by atoms with Crippen molar-refractivity contribution in [2.75, 3.05) is 62.3 Å². The van der Waals surface area contributed by atoms with Gasteiger partial charge in [0, 0.05) is 163 Å². The number of pyridine rings is 5. The summed E-state index contributed by atoms with van der Waals surface area (Å²) in [6, 6.07) is 57.8. The SMILES string of the molecule is Cc1ccc2c(n1)oc1c(N3C=CN(C(C)C)C3C)c(C)ccc12.Cc1ccc2c(n1)oc1c(N3C=CN(C)C3C)c(C)ccc12.Cc1ccc2c(n1)oc1c(N3c4ccccc4N(C)C3C)c(C)ccc12.[2H]C([2H])([2H])N1C=CN(c2c(C)ccc3c2oc2ncccc23)C1C.[2H]C([2H])([2H])N1c2ccccc2N(c2c(C)ccc3c2oc2ncccc23)C1C. The summed E-state index contributed by atoms with van der Waals surface area (Å²) in [5.41, 5.74) is 25.2. The molecule has 15 heterocycles. The first-order chi connectivity index (χ1) is 59.3. The van der Waals surface area contributed by atoms with Crippen molar-refractivity contribution in [3.05, 3.63) is 264 Å². The highest BCUT2D eigenvalue weighted by Crippen LogP contribution is 2.51. The number of para-hydroxylation sites is 4. The van der Waals surface area contributed by atoms with Crippen LogP contribution in [0.1, 0.15) is 102 Å². The van der Waals surface area contributed by atoms with Crippen LogP contribution in [0.4, 0.5) is 51.2 Å². The maximum atomic E-state index is 8.05. The highest BCUT2D eigenvalue weighted by molar-refractivity contribution is 6.14. The number of anilines is 9. The predicted molar refractivity (Wildman–Crippen MR) is 484 cm³/mol. The number of benzene rings is 7. The summed E-state index contributed by atoms with van der Waals surface area (Å²) in [6.45, 7) is 26.8. The van der Waals surface area contributed by atoms with Gasteiger partial charge >= 0.3 is 0 Å². The third-order valence-electron chi connectivity index (χ3n) is 24.0. The fraction of sp³-hybridized carbons (Fsp3) is 0.255. The van der Waals surface area contributed by atoms with Gasteiger partial charge in [0.2, 0.25) is 28.6 Å². The molecule has 10 aromatic heterocycles. The van der Waals surface area contributed by atoms with Gasteiger partial charge in [0.25, 0.3) is 0 Å². The van der Waals surface area contributed by atoms with E-state index >= 15 is 0 Å². The van der Waals surface area contributed by atoms with Crippen molar-refractivity contribution in [1.82, 2.24) is 39.6 Å². The molecule has 5 unspecified atom stereocenters. The van der Waals surface area contributed by atoms with Crippen LogP contribution in [-0.4, -0.2) is 105 Å². The minimum Gasteiger partial charge on any atom is -0.435 e. The molecular weight excluding hydrogens is 1470 g/mol. The smallest absolute Gasteiger partial charge is 0.227 e. The fourth-order valence-corrected chi connectivity index (χ4v) is 17.4. The van der Waals surface area contributed by atoms with Crippen LogP contribution in [0.15, 0.2) is 242 Å². The first-order valence-electron chi connectivity index (χ1n) is 43.2. The Balaban J connectivity index is 0.000000106. The Morgan fingerprint density at radius 1 is 0.305 bits per heavy atom. The molecule has 20 heteroatoms. The minimum atomic E-state index is -2.25. The number of rotatable bonds is 6. The molecule has 0 radical (unpaired) electrons. The van der Waals surface area contributed by atoms with Crippen molar-refractivity contribution >= 4 is 162 Å². The highest BCUT2D eigenvalue weighted by Gasteiger charge is 2.37. The molecule has 0 saturated carbocycles. The Bertz CT molecular complexity index is 7160. The van der Waals surface area contributed by atoms with Crippen molar-refractivity contribution in [3.63, 3.8) is 0 Å². The fourth-order valence-electron chi connectivity index (χ4n) is 17.4. The lowest BCUT2D eigenvalue weighted by molar-refractivity contribution is 0.263. The van der Waals surface area contributed by atoms with Gasteiger partial charge in [-0.2, -0.15) is 0 Å². The van der Waals surface area contributed by atoms with Crippen molar-refractivity contribution in [2.24, 2.45) is 0 Å². The largest absolute Gasteiger partial charge is 0.435 e. The minimum absolute atomic E-state index is 0.208. The molecule has 5 aliphatic heterocycles. The summed E-state index contributed by atoms with van der Waals surface area (Å²) < 4.78 is 77.9. The van der Waals surface area contributed by atoms with E-state index in [0.29, 0.717) is 40.3 Å². The van der Waals surface area contributed by atoms with E-state index in [4.69, 9.17) is 30.3 Å². The van der Waals surface area contributed by atoms with E-state index in [1.165, 1.54) is 37.9 Å². The van der Waals surface area contributed by atoms with Crippen LogP contribution < -0.4 is 34.3 Å². The molecule has 0 saturated heterocycles.